The Labute approximate surface area is 163 Å². The fraction of sp³-hybridized carbons (Fsp3) is 0.421. The standard InChI is InChI=1S/C19H23ClN6O/c1-11-9-15(20)25-6-5-14-10-21-19(23-17(14)18(11)25)22-16-12(2)24-26(13(16)3)7-8-27-4/h9-10H,5-8H2,1-4H3,(H,21,22,23). The van der Waals surface area contributed by atoms with Crippen molar-refractivity contribution in [3.8, 4) is 11.4 Å². The van der Waals surface area contributed by atoms with Crippen LogP contribution in [0.5, 0.6) is 0 Å². The first-order valence-corrected chi connectivity index (χ1v) is 9.39. The van der Waals surface area contributed by atoms with E-state index in [2.05, 4.69) is 26.9 Å². The Morgan fingerprint density at radius 3 is 2.89 bits per heavy atom. The van der Waals surface area contributed by atoms with E-state index in [1.807, 2.05) is 30.8 Å². The first-order valence-electron chi connectivity index (χ1n) is 9.01. The van der Waals surface area contributed by atoms with Gasteiger partial charge in [0.1, 0.15) is 5.15 Å². The molecule has 0 aromatic carbocycles. The Hall–Kier alpha value is -2.38. The lowest BCUT2D eigenvalue weighted by atomic mass is 10.0. The Morgan fingerprint density at radius 2 is 2.11 bits per heavy atom. The second-order valence-electron chi connectivity index (χ2n) is 6.85. The number of hydrogen-bond acceptors (Lipinski definition) is 5. The number of ether oxygens (including phenoxy) is 1. The second-order valence-corrected chi connectivity index (χ2v) is 7.24. The predicted molar refractivity (Wildman–Crippen MR) is 106 cm³/mol. The van der Waals surface area contributed by atoms with Gasteiger partial charge in [0.2, 0.25) is 5.95 Å². The van der Waals surface area contributed by atoms with Gasteiger partial charge in [0, 0.05) is 25.4 Å². The molecule has 0 bridgehead atoms. The molecule has 0 saturated carbocycles. The number of rotatable bonds is 5. The molecule has 142 valence electrons. The average molecular weight is 387 g/mol. The Morgan fingerprint density at radius 1 is 1.30 bits per heavy atom. The van der Waals surface area contributed by atoms with E-state index in [1.54, 1.807) is 7.11 Å². The highest BCUT2D eigenvalue weighted by atomic mass is 35.5. The normalized spacial score (nSPS) is 12.8. The number of nitrogens with one attached hydrogen (secondary N) is 1. The van der Waals surface area contributed by atoms with Gasteiger partial charge in [0.05, 0.1) is 41.6 Å². The number of anilines is 2. The number of methoxy groups -OCH3 is 1. The maximum Gasteiger partial charge on any atom is 0.227 e. The molecule has 0 spiro atoms. The van der Waals surface area contributed by atoms with Crippen LogP contribution in [0.1, 0.15) is 22.5 Å². The third kappa shape index (κ3) is 3.11. The molecule has 0 atom stereocenters. The molecule has 0 amide bonds. The first-order chi connectivity index (χ1) is 13.0. The van der Waals surface area contributed by atoms with E-state index in [-0.39, 0.29) is 0 Å². The van der Waals surface area contributed by atoms with Crippen molar-refractivity contribution in [2.24, 2.45) is 0 Å². The third-order valence-corrected chi connectivity index (χ3v) is 5.37. The molecule has 1 N–H and O–H groups in total. The van der Waals surface area contributed by atoms with Gasteiger partial charge in [-0.2, -0.15) is 5.10 Å². The minimum atomic E-state index is 0.566. The van der Waals surface area contributed by atoms with Crippen LogP contribution < -0.4 is 5.32 Å². The van der Waals surface area contributed by atoms with E-state index in [9.17, 15) is 0 Å². The van der Waals surface area contributed by atoms with Crippen molar-refractivity contribution in [1.82, 2.24) is 24.3 Å². The summed E-state index contributed by atoms with van der Waals surface area (Å²) in [5.41, 5.74) is 7.19. The SMILES string of the molecule is COCCn1nc(C)c(Nc2ncc3c(n2)-c2c(C)cc(Cl)n2CC3)c1C. The second kappa shape index (κ2) is 6.98. The lowest BCUT2D eigenvalue weighted by Gasteiger charge is -2.20. The number of hydrogen-bond donors (Lipinski definition) is 1. The quantitative estimate of drug-likeness (QED) is 0.724. The van der Waals surface area contributed by atoms with Crippen LogP contribution in [0.15, 0.2) is 12.3 Å². The van der Waals surface area contributed by atoms with Crippen molar-refractivity contribution in [1.29, 1.82) is 0 Å². The smallest absolute Gasteiger partial charge is 0.227 e. The summed E-state index contributed by atoms with van der Waals surface area (Å²) in [4.78, 5) is 9.34. The molecule has 1 aliphatic heterocycles. The Kier molecular flexibility index (Phi) is 4.65. The molecule has 7 nitrogen and oxygen atoms in total. The molecule has 3 aromatic heterocycles. The van der Waals surface area contributed by atoms with Crippen LogP contribution in [0.3, 0.4) is 0 Å². The number of aryl methyl sites for hydroxylation is 3. The summed E-state index contributed by atoms with van der Waals surface area (Å²) in [5, 5.41) is 8.69. The van der Waals surface area contributed by atoms with Gasteiger partial charge in [-0.25, -0.2) is 9.97 Å². The molecular formula is C19H23ClN6O. The van der Waals surface area contributed by atoms with Gasteiger partial charge >= 0.3 is 0 Å². The summed E-state index contributed by atoms with van der Waals surface area (Å²) in [7, 11) is 1.69. The van der Waals surface area contributed by atoms with E-state index < -0.39 is 0 Å². The van der Waals surface area contributed by atoms with Crippen LogP contribution in [-0.2, 0) is 24.2 Å². The van der Waals surface area contributed by atoms with Crippen LogP contribution in [0, 0.1) is 20.8 Å². The summed E-state index contributed by atoms with van der Waals surface area (Å²) in [5.74, 6) is 0.566. The van der Waals surface area contributed by atoms with E-state index in [4.69, 9.17) is 21.3 Å². The van der Waals surface area contributed by atoms with E-state index in [0.29, 0.717) is 19.1 Å². The minimum absolute atomic E-state index is 0.566. The van der Waals surface area contributed by atoms with Crippen molar-refractivity contribution >= 4 is 23.2 Å². The summed E-state index contributed by atoms with van der Waals surface area (Å²) in [6.45, 7) is 8.26. The topological polar surface area (TPSA) is 69.8 Å². The lowest BCUT2D eigenvalue weighted by molar-refractivity contribution is 0.182. The summed E-state index contributed by atoms with van der Waals surface area (Å²) >= 11 is 6.37. The molecular weight excluding hydrogens is 364 g/mol. The maximum atomic E-state index is 6.37. The molecule has 0 saturated heterocycles. The molecule has 8 heteroatoms. The van der Waals surface area contributed by atoms with E-state index in [0.717, 1.165) is 57.7 Å². The van der Waals surface area contributed by atoms with Gasteiger partial charge in [0.15, 0.2) is 0 Å². The number of nitrogens with zero attached hydrogens (tertiary/aromatic N) is 5. The minimum Gasteiger partial charge on any atom is -0.383 e. The van der Waals surface area contributed by atoms with Crippen molar-refractivity contribution in [3.63, 3.8) is 0 Å². The molecule has 4 rings (SSSR count). The van der Waals surface area contributed by atoms with Crippen molar-refractivity contribution in [2.75, 3.05) is 19.0 Å². The first kappa shape index (κ1) is 18.0. The summed E-state index contributed by atoms with van der Waals surface area (Å²) in [6, 6.07) is 2.00. The highest BCUT2D eigenvalue weighted by molar-refractivity contribution is 6.30. The predicted octanol–water partition coefficient (Wildman–Crippen LogP) is 3.67. The highest BCUT2D eigenvalue weighted by Gasteiger charge is 2.23. The van der Waals surface area contributed by atoms with Gasteiger partial charge < -0.3 is 14.6 Å². The number of fused-ring (bicyclic) bond motifs is 3. The Balaban J connectivity index is 1.69. The fourth-order valence-corrected chi connectivity index (χ4v) is 3.98. The van der Waals surface area contributed by atoms with Gasteiger partial charge in [0.25, 0.3) is 0 Å². The van der Waals surface area contributed by atoms with Crippen LogP contribution in [0.25, 0.3) is 11.4 Å². The molecule has 4 heterocycles. The average Bonchev–Trinajstić information content (AvgIpc) is 3.10. The van der Waals surface area contributed by atoms with Gasteiger partial charge in [-0.1, -0.05) is 11.6 Å². The van der Waals surface area contributed by atoms with Gasteiger partial charge in [-0.15, -0.1) is 0 Å². The monoisotopic (exact) mass is 386 g/mol. The Bertz CT molecular complexity index is 1010. The molecule has 27 heavy (non-hydrogen) atoms. The fourth-order valence-electron chi connectivity index (χ4n) is 3.65. The van der Waals surface area contributed by atoms with Crippen molar-refractivity contribution in [3.05, 3.63) is 39.9 Å². The van der Waals surface area contributed by atoms with Crippen LogP contribution in [0.2, 0.25) is 5.15 Å². The zero-order valence-electron chi connectivity index (χ0n) is 16.0. The molecule has 0 aliphatic carbocycles. The molecule has 1 aliphatic rings. The molecule has 0 unspecified atom stereocenters. The lowest BCUT2D eigenvalue weighted by Crippen LogP contribution is -2.14. The van der Waals surface area contributed by atoms with E-state index >= 15 is 0 Å². The molecule has 3 aromatic rings. The van der Waals surface area contributed by atoms with Crippen molar-refractivity contribution in [2.45, 2.75) is 40.3 Å². The third-order valence-electron chi connectivity index (χ3n) is 5.06. The van der Waals surface area contributed by atoms with E-state index in [1.165, 1.54) is 0 Å². The van der Waals surface area contributed by atoms with Crippen LogP contribution >= 0.6 is 11.6 Å². The highest BCUT2D eigenvalue weighted by Crippen LogP contribution is 2.35. The zero-order chi connectivity index (χ0) is 19.1. The molecule has 0 fully saturated rings. The number of halogens is 1. The van der Waals surface area contributed by atoms with Crippen LogP contribution in [-0.4, -0.2) is 38.0 Å². The van der Waals surface area contributed by atoms with Gasteiger partial charge in [-0.3, -0.25) is 4.68 Å². The molecule has 0 radical (unpaired) electrons. The van der Waals surface area contributed by atoms with Crippen LogP contribution in [0.4, 0.5) is 11.6 Å². The maximum absolute atomic E-state index is 6.37. The largest absolute Gasteiger partial charge is 0.383 e. The van der Waals surface area contributed by atoms with Crippen molar-refractivity contribution < 1.29 is 4.74 Å². The summed E-state index contributed by atoms with van der Waals surface area (Å²) in [6.07, 6.45) is 2.79. The zero-order valence-corrected chi connectivity index (χ0v) is 16.8. The van der Waals surface area contributed by atoms with Gasteiger partial charge in [-0.05, 0) is 38.8 Å². The number of aromatic nitrogens is 5. The summed E-state index contributed by atoms with van der Waals surface area (Å²) < 4.78 is 9.22.